The molecule has 2 heterocycles. The predicted octanol–water partition coefficient (Wildman–Crippen LogP) is 1.91. The van der Waals surface area contributed by atoms with Crippen molar-refractivity contribution >= 4 is 15.9 Å². The van der Waals surface area contributed by atoms with Gasteiger partial charge in [-0.3, -0.25) is 9.69 Å². The molecule has 2 fully saturated rings. The minimum absolute atomic E-state index is 0.0732. The van der Waals surface area contributed by atoms with Crippen molar-refractivity contribution in [1.29, 1.82) is 0 Å². The van der Waals surface area contributed by atoms with Crippen LogP contribution in [-0.2, 0) is 32.6 Å². The molecule has 0 radical (unpaired) electrons. The Bertz CT molecular complexity index is 1030. The van der Waals surface area contributed by atoms with E-state index in [-0.39, 0.29) is 23.5 Å². The van der Waals surface area contributed by atoms with E-state index in [1.165, 1.54) is 29.8 Å². The number of nitrogens with zero attached hydrogens (tertiary/aromatic N) is 1. The summed E-state index contributed by atoms with van der Waals surface area (Å²) in [6.07, 6.45) is 1.74. The van der Waals surface area contributed by atoms with Crippen molar-refractivity contribution in [3.8, 4) is 0 Å². The second kappa shape index (κ2) is 11.2. The summed E-state index contributed by atoms with van der Waals surface area (Å²) in [6.45, 7) is 5.45. The molecule has 0 saturated carbocycles. The normalized spacial score (nSPS) is 19.5. The molecule has 2 aliphatic heterocycles. The number of morpholine rings is 1. The molecular weight excluding hydrogens is 442 g/mol. The van der Waals surface area contributed by atoms with Crippen LogP contribution in [0.5, 0.6) is 0 Å². The molecule has 1 atom stereocenters. The molecule has 0 bridgehead atoms. The molecule has 2 aliphatic rings. The third kappa shape index (κ3) is 6.61. The Balaban J connectivity index is 1.32. The minimum Gasteiger partial charge on any atom is -0.379 e. The summed E-state index contributed by atoms with van der Waals surface area (Å²) in [5.74, 6) is -0.243. The Hall–Kier alpha value is -2.30. The van der Waals surface area contributed by atoms with Crippen LogP contribution in [0.1, 0.15) is 34.3 Å². The summed E-state index contributed by atoms with van der Waals surface area (Å²) < 4.78 is 38.5. The molecule has 2 aromatic carbocycles. The molecule has 0 aromatic heterocycles. The van der Waals surface area contributed by atoms with E-state index < -0.39 is 10.0 Å². The predicted molar refractivity (Wildman–Crippen MR) is 124 cm³/mol. The van der Waals surface area contributed by atoms with Gasteiger partial charge in [-0.1, -0.05) is 24.3 Å². The van der Waals surface area contributed by atoms with Crippen LogP contribution < -0.4 is 10.0 Å². The molecule has 33 heavy (non-hydrogen) atoms. The fourth-order valence-corrected chi connectivity index (χ4v) is 5.11. The smallest absolute Gasteiger partial charge is 0.251 e. The molecule has 2 saturated heterocycles. The average Bonchev–Trinajstić information content (AvgIpc) is 3.37. The van der Waals surface area contributed by atoms with Crippen LogP contribution >= 0.6 is 0 Å². The van der Waals surface area contributed by atoms with E-state index >= 15 is 0 Å². The number of carbonyl (C=O) groups is 1. The Morgan fingerprint density at radius 3 is 2.42 bits per heavy atom. The van der Waals surface area contributed by atoms with Gasteiger partial charge < -0.3 is 14.8 Å². The molecule has 2 aromatic rings. The summed E-state index contributed by atoms with van der Waals surface area (Å²) in [6, 6.07) is 14.1. The number of benzene rings is 2. The number of amides is 1. The molecule has 8 nitrogen and oxygen atoms in total. The fourth-order valence-electron chi connectivity index (χ4n) is 4.04. The zero-order valence-electron chi connectivity index (χ0n) is 18.7. The molecule has 1 amide bonds. The van der Waals surface area contributed by atoms with Gasteiger partial charge in [-0.2, -0.15) is 0 Å². The first-order chi connectivity index (χ1) is 16.0. The summed E-state index contributed by atoms with van der Waals surface area (Å²) in [7, 11) is -3.64. The number of rotatable bonds is 9. The monoisotopic (exact) mass is 473 g/mol. The van der Waals surface area contributed by atoms with E-state index in [1.807, 2.05) is 18.2 Å². The van der Waals surface area contributed by atoms with E-state index in [2.05, 4.69) is 21.0 Å². The van der Waals surface area contributed by atoms with Crippen LogP contribution in [0.15, 0.2) is 53.4 Å². The van der Waals surface area contributed by atoms with Crippen molar-refractivity contribution in [2.45, 2.75) is 36.9 Å². The van der Waals surface area contributed by atoms with Crippen molar-refractivity contribution in [2.24, 2.45) is 0 Å². The summed E-state index contributed by atoms with van der Waals surface area (Å²) in [5, 5.41) is 2.95. The first kappa shape index (κ1) is 23.8. The van der Waals surface area contributed by atoms with Crippen LogP contribution in [0.3, 0.4) is 0 Å². The highest BCUT2D eigenvalue weighted by molar-refractivity contribution is 7.89. The van der Waals surface area contributed by atoms with Gasteiger partial charge in [0.15, 0.2) is 0 Å². The van der Waals surface area contributed by atoms with Gasteiger partial charge in [-0.05, 0) is 48.2 Å². The van der Waals surface area contributed by atoms with E-state index in [0.717, 1.165) is 51.3 Å². The Labute approximate surface area is 195 Å². The second-order valence-electron chi connectivity index (χ2n) is 8.35. The van der Waals surface area contributed by atoms with Crippen LogP contribution in [0, 0.1) is 0 Å². The quantitative estimate of drug-likeness (QED) is 0.578. The van der Waals surface area contributed by atoms with Crippen LogP contribution in [0.2, 0.25) is 0 Å². The minimum atomic E-state index is -3.64. The third-order valence-electron chi connectivity index (χ3n) is 6.01. The van der Waals surface area contributed by atoms with Gasteiger partial charge in [0, 0.05) is 44.9 Å². The van der Waals surface area contributed by atoms with E-state index in [4.69, 9.17) is 9.47 Å². The van der Waals surface area contributed by atoms with Gasteiger partial charge in [0.2, 0.25) is 10.0 Å². The van der Waals surface area contributed by atoms with Crippen molar-refractivity contribution in [3.63, 3.8) is 0 Å². The molecule has 9 heteroatoms. The zero-order valence-corrected chi connectivity index (χ0v) is 19.5. The summed E-state index contributed by atoms with van der Waals surface area (Å²) >= 11 is 0. The topological polar surface area (TPSA) is 97.0 Å². The first-order valence-electron chi connectivity index (χ1n) is 11.4. The lowest BCUT2D eigenvalue weighted by Gasteiger charge is -2.27. The number of nitrogens with one attached hydrogen (secondary N) is 2. The van der Waals surface area contributed by atoms with Gasteiger partial charge in [0.05, 0.1) is 24.2 Å². The van der Waals surface area contributed by atoms with Gasteiger partial charge in [-0.15, -0.1) is 0 Å². The van der Waals surface area contributed by atoms with Crippen molar-refractivity contribution in [1.82, 2.24) is 14.9 Å². The molecule has 178 valence electrons. The summed E-state index contributed by atoms with van der Waals surface area (Å²) in [5.41, 5.74) is 2.66. The highest BCUT2D eigenvalue weighted by Gasteiger charge is 2.20. The molecule has 0 spiro atoms. The molecule has 0 aliphatic carbocycles. The van der Waals surface area contributed by atoms with Gasteiger partial charge in [-0.25, -0.2) is 13.1 Å². The standard InChI is InChI=1S/C24H31N3O5S/c28-24(25-16-20-4-1-2-5-21(20)18-27-11-14-31-15-12-27)19-7-9-23(10-8-19)33(29,30)26-17-22-6-3-13-32-22/h1-2,4-5,7-10,22,26H,3,6,11-18H2,(H,25,28). The van der Waals surface area contributed by atoms with Gasteiger partial charge in [0.1, 0.15) is 0 Å². The molecule has 2 N–H and O–H groups in total. The van der Waals surface area contributed by atoms with Crippen LogP contribution in [0.25, 0.3) is 0 Å². The number of hydrogen-bond acceptors (Lipinski definition) is 6. The van der Waals surface area contributed by atoms with Gasteiger partial charge >= 0.3 is 0 Å². The lowest BCUT2D eigenvalue weighted by atomic mass is 10.1. The van der Waals surface area contributed by atoms with Crippen LogP contribution in [0.4, 0.5) is 0 Å². The van der Waals surface area contributed by atoms with Crippen LogP contribution in [-0.4, -0.2) is 64.8 Å². The molecular formula is C24H31N3O5S. The lowest BCUT2D eigenvalue weighted by Crippen LogP contribution is -2.36. The van der Waals surface area contributed by atoms with Crippen molar-refractivity contribution in [2.75, 3.05) is 39.5 Å². The maximum atomic E-state index is 12.7. The Morgan fingerprint density at radius 1 is 1.00 bits per heavy atom. The Morgan fingerprint density at radius 2 is 1.73 bits per heavy atom. The molecule has 1 unspecified atom stereocenters. The third-order valence-corrected chi connectivity index (χ3v) is 7.45. The highest BCUT2D eigenvalue weighted by atomic mass is 32.2. The van der Waals surface area contributed by atoms with E-state index in [9.17, 15) is 13.2 Å². The number of ether oxygens (including phenoxy) is 2. The molecule has 4 rings (SSSR count). The second-order valence-corrected chi connectivity index (χ2v) is 10.1. The summed E-state index contributed by atoms with van der Waals surface area (Å²) in [4.78, 5) is 15.1. The Kier molecular flexibility index (Phi) is 8.11. The van der Waals surface area contributed by atoms with Crippen molar-refractivity contribution < 1.29 is 22.7 Å². The van der Waals surface area contributed by atoms with E-state index in [0.29, 0.717) is 18.7 Å². The number of carbonyl (C=O) groups excluding carboxylic acids is 1. The maximum Gasteiger partial charge on any atom is 0.251 e. The number of sulfonamides is 1. The highest BCUT2D eigenvalue weighted by Crippen LogP contribution is 2.16. The largest absolute Gasteiger partial charge is 0.379 e. The number of hydrogen-bond donors (Lipinski definition) is 2. The SMILES string of the molecule is O=C(NCc1ccccc1CN1CCOCC1)c1ccc(S(=O)(=O)NCC2CCCO2)cc1. The first-order valence-corrected chi connectivity index (χ1v) is 12.9. The fraction of sp³-hybridized carbons (Fsp3) is 0.458. The average molecular weight is 474 g/mol. The zero-order chi connectivity index (χ0) is 23.1. The maximum absolute atomic E-state index is 12.7. The van der Waals surface area contributed by atoms with E-state index in [1.54, 1.807) is 0 Å². The lowest BCUT2D eigenvalue weighted by molar-refractivity contribution is 0.0340. The van der Waals surface area contributed by atoms with Gasteiger partial charge in [0.25, 0.3) is 5.91 Å². The van der Waals surface area contributed by atoms with Crippen molar-refractivity contribution in [3.05, 3.63) is 65.2 Å².